The Morgan fingerprint density at radius 2 is 1.96 bits per heavy atom. The topological polar surface area (TPSA) is 38.3 Å². The molecule has 0 amide bonds. The van der Waals surface area contributed by atoms with Crippen LogP contribution in [0.5, 0.6) is 5.75 Å². The van der Waals surface area contributed by atoms with Gasteiger partial charge in [0.2, 0.25) is 0 Å². The van der Waals surface area contributed by atoms with E-state index in [0.29, 0.717) is 11.8 Å². The van der Waals surface area contributed by atoms with Crippen molar-refractivity contribution in [1.29, 1.82) is 0 Å². The maximum Gasteiger partial charge on any atom is 0.159 e. The number of fused-ring (bicyclic) bond motifs is 4. The molecular formula is C25H23NO2. The van der Waals surface area contributed by atoms with Crippen LogP contribution in [0.15, 0.2) is 66.7 Å². The minimum Gasteiger partial charge on any atom is -0.496 e. The van der Waals surface area contributed by atoms with Crippen molar-refractivity contribution >= 4 is 22.2 Å². The molecule has 28 heavy (non-hydrogen) atoms. The third kappa shape index (κ3) is 2.54. The van der Waals surface area contributed by atoms with Crippen LogP contribution in [0, 0.1) is 5.92 Å². The van der Waals surface area contributed by atoms with Crippen molar-refractivity contribution in [3.8, 4) is 5.75 Å². The zero-order valence-corrected chi connectivity index (χ0v) is 16.1. The minimum atomic E-state index is 0.110. The zero-order chi connectivity index (χ0) is 19.3. The van der Waals surface area contributed by atoms with Gasteiger partial charge < -0.3 is 10.1 Å². The van der Waals surface area contributed by atoms with Gasteiger partial charge in [-0.25, -0.2) is 0 Å². The Bertz CT molecular complexity index is 1110. The fraction of sp³-hybridized carbons (Fsp3) is 0.240. The van der Waals surface area contributed by atoms with Crippen LogP contribution in [-0.4, -0.2) is 12.9 Å². The van der Waals surface area contributed by atoms with Crippen molar-refractivity contribution in [2.24, 2.45) is 5.92 Å². The summed E-state index contributed by atoms with van der Waals surface area (Å²) in [4.78, 5) is 11.9. The van der Waals surface area contributed by atoms with Crippen LogP contribution in [0.2, 0.25) is 0 Å². The van der Waals surface area contributed by atoms with Gasteiger partial charge in [-0.05, 0) is 59.9 Å². The molecule has 3 aromatic carbocycles. The maximum absolute atomic E-state index is 11.9. The molecule has 0 saturated carbocycles. The first-order valence-corrected chi connectivity index (χ1v) is 9.81. The second-order valence-electron chi connectivity index (χ2n) is 7.74. The summed E-state index contributed by atoms with van der Waals surface area (Å²) in [5.74, 6) is 1.74. The maximum atomic E-state index is 11.9. The first kappa shape index (κ1) is 17.1. The summed E-state index contributed by atoms with van der Waals surface area (Å²) >= 11 is 0. The summed E-state index contributed by atoms with van der Waals surface area (Å²) in [5, 5.41) is 6.24. The molecule has 3 aromatic rings. The van der Waals surface area contributed by atoms with Gasteiger partial charge in [0.15, 0.2) is 5.78 Å². The number of rotatable bonds is 3. The van der Waals surface area contributed by atoms with Gasteiger partial charge >= 0.3 is 0 Å². The highest BCUT2D eigenvalue weighted by molar-refractivity contribution is 5.95. The Balaban J connectivity index is 1.69. The fourth-order valence-corrected chi connectivity index (χ4v) is 4.87. The Kier molecular flexibility index (Phi) is 3.97. The molecule has 2 aliphatic rings. The van der Waals surface area contributed by atoms with E-state index in [-0.39, 0.29) is 11.8 Å². The summed E-state index contributed by atoms with van der Waals surface area (Å²) in [6.45, 7) is 1.63. The Hall–Kier alpha value is -3.07. The van der Waals surface area contributed by atoms with E-state index in [1.54, 1.807) is 14.0 Å². The second-order valence-corrected chi connectivity index (χ2v) is 7.74. The van der Waals surface area contributed by atoms with Gasteiger partial charge in [-0.2, -0.15) is 0 Å². The molecule has 0 saturated heterocycles. The molecule has 3 heteroatoms. The van der Waals surface area contributed by atoms with Crippen LogP contribution in [-0.2, 0) is 0 Å². The predicted molar refractivity (Wildman–Crippen MR) is 113 cm³/mol. The normalized spacial score (nSPS) is 22.4. The first-order chi connectivity index (χ1) is 13.7. The van der Waals surface area contributed by atoms with E-state index in [9.17, 15) is 4.79 Å². The lowest BCUT2D eigenvalue weighted by atomic mass is 9.75. The molecule has 3 atom stereocenters. The van der Waals surface area contributed by atoms with Crippen LogP contribution in [0.25, 0.3) is 10.8 Å². The van der Waals surface area contributed by atoms with Crippen molar-refractivity contribution < 1.29 is 9.53 Å². The third-order valence-electron chi connectivity index (χ3n) is 6.23. The number of Topliss-reactive ketones (excluding diaryl/α,β-unsaturated/α-hetero) is 1. The molecule has 1 heterocycles. The summed E-state index contributed by atoms with van der Waals surface area (Å²) in [6.07, 6.45) is 5.59. The van der Waals surface area contributed by atoms with Gasteiger partial charge in [0, 0.05) is 22.7 Å². The van der Waals surface area contributed by atoms with E-state index in [1.807, 2.05) is 6.07 Å². The number of ether oxygens (including phenoxy) is 1. The molecule has 3 nitrogen and oxygen atoms in total. The number of methoxy groups -OCH3 is 1. The number of ketones is 1. The fourth-order valence-electron chi connectivity index (χ4n) is 4.87. The molecule has 0 spiro atoms. The van der Waals surface area contributed by atoms with E-state index in [4.69, 9.17) is 4.74 Å². The van der Waals surface area contributed by atoms with E-state index < -0.39 is 0 Å². The lowest BCUT2D eigenvalue weighted by Gasteiger charge is -2.38. The van der Waals surface area contributed by atoms with Gasteiger partial charge in [-0.3, -0.25) is 4.79 Å². The van der Waals surface area contributed by atoms with Crippen LogP contribution in [0.4, 0.5) is 5.69 Å². The molecule has 5 rings (SSSR count). The average Bonchev–Trinajstić information content (AvgIpc) is 3.22. The van der Waals surface area contributed by atoms with Crippen molar-refractivity contribution in [3.05, 3.63) is 83.4 Å². The highest BCUT2D eigenvalue weighted by Gasteiger charge is 2.39. The third-order valence-corrected chi connectivity index (χ3v) is 6.23. The number of hydrogen-bond donors (Lipinski definition) is 1. The number of nitrogens with one attached hydrogen (secondary N) is 1. The van der Waals surface area contributed by atoms with Gasteiger partial charge in [-0.1, -0.05) is 42.5 Å². The van der Waals surface area contributed by atoms with Gasteiger partial charge in [-0.15, -0.1) is 0 Å². The highest BCUT2D eigenvalue weighted by Crippen LogP contribution is 2.52. The van der Waals surface area contributed by atoms with Crippen molar-refractivity contribution in [1.82, 2.24) is 0 Å². The number of anilines is 1. The lowest BCUT2D eigenvalue weighted by Crippen LogP contribution is -2.29. The number of hydrogen-bond acceptors (Lipinski definition) is 3. The average molecular weight is 369 g/mol. The van der Waals surface area contributed by atoms with Gasteiger partial charge in [0.1, 0.15) is 5.75 Å². The van der Waals surface area contributed by atoms with Crippen LogP contribution in [0.1, 0.15) is 46.8 Å². The van der Waals surface area contributed by atoms with Crippen LogP contribution >= 0.6 is 0 Å². The first-order valence-electron chi connectivity index (χ1n) is 9.81. The second kappa shape index (κ2) is 6.52. The SMILES string of the molecule is COc1ccc2ccccc2c1C1Nc2ccc(C(C)=O)cc2C2C=CCC21. The Morgan fingerprint density at radius 1 is 1.11 bits per heavy atom. The van der Waals surface area contributed by atoms with Crippen molar-refractivity contribution in [2.45, 2.75) is 25.3 Å². The molecule has 0 radical (unpaired) electrons. The molecule has 1 N–H and O–H groups in total. The Morgan fingerprint density at radius 3 is 2.79 bits per heavy atom. The predicted octanol–water partition coefficient (Wildman–Crippen LogP) is 5.88. The molecule has 1 aliphatic carbocycles. The van der Waals surface area contributed by atoms with Crippen molar-refractivity contribution in [3.63, 3.8) is 0 Å². The van der Waals surface area contributed by atoms with Crippen LogP contribution in [0.3, 0.4) is 0 Å². The summed E-state index contributed by atoms with van der Waals surface area (Å²) in [6, 6.07) is 18.9. The molecule has 0 bridgehead atoms. The van der Waals surface area contributed by atoms with Gasteiger partial charge in [0.25, 0.3) is 0 Å². The smallest absolute Gasteiger partial charge is 0.159 e. The molecule has 1 aliphatic heterocycles. The number of benzene rings is 3. The standard InChI is InChI=1S/C25H23NO2/c1-15(27)17-10-12-22-21(14-17)19-8-5-9-20(19)25(26-22)24-18-7-4-3-6-16(18)11-13-23(24)28-2/h3-8,10-14,19-20,25-26H,9H2,1-2H3. The summed E-state index contributed by atoms with van der Waals surface area (Å²) < 4.78 is 5.79. The monoisotopic (exact) mass is 369 g/mol. The van der Waals surface area contributed by atoms with E-state index in [0.717, 1.165) is 23.4 Å². The lowest BCUT2D eigenvalue weighted by molar-refractivity contribution is 0.101. The zero-order valence-electron chi connectivity index (χ0n) is 16.1. The summed E-state index contributed by atoms with van der Waals surface area (Å²) in [5.41, 5.74) is 4.33. The number of carbonyl (C=O) groups is 1. The van der Waals surface area contributed by atoms with E-state index in [2.05, 4.69) is 66.0 Å². The highest BCUT2D eigenvalue weighted by atomic mass is 16.5. The molecule has 0 aromatic heterocycles. The van der Waals surface area contributed by atoms with Crippen molar-refractivity contribution in [2.75, 3.05) is 12.4 Å². The van der Waals surface area contributed by atoms with Gasteiger partial charge in [0.05, 0.1) is 13.2 Å². The molecule has 140 valence electrons. The van der Waals surface area contributed by atoms with E-state index >= 15 is 0 Å². The molecular weight excluding hydrogens is 346 g/mol. The Labute approximate surface area is 165 Å². The molecule has 0 fully saturated rings. The quantitative estimate of drug-likeness (QED) is 0.463. The minimum absolute atomic E-state index is 0.110. The number of carbonyl (C=O) groups excluding carboxylic acids is 1. The molecule has 3 unspecified atom stereocenters. The van der Waals surface area contributed by atoms with E-state index in [1.165, 1.54) is 21.9 Å². The largest absolute Gasteiger partial charge is 0.496 e. The summed E-state index contributed by atoms with van der Waals surface area (Å²) in [7, 11) is 1.74. The number of allylic oxidation sites excluding steroid dienone is 2. The van der Waals surface area contributed by atoms with Crippen LogP contribution < -0.4 is 10.1 Å².